The van der Waals surface area contributed by atoms with E-state index in [0.717, 1.165) is 5.56 Å². The Morgan fingerprint density at radius 2 is 1.90 bits per heavy atom. The maximum atomic E-state index is 11.9. The van der Waals surface area contributed by atoms with Gasteiger partial charge >= 0.3 is 5.97 Å². The molecule has 0 amide bonds. The van der Waals surface area contributed by atoms with Crippen LogP contribution in [-0.4, -0.2) is 44.0 Å². The number of nitrogens with one attached hydrogen (secondary N) is 1. The molecule has 21 heavy (non-hydrogen) atoms. The number of carboxylic acids is 1. The lowest BCUT2D eigenvalue weighted by molar-refractivity contribution is -0.138. The zero-order valence-electron chi connectivity index (χ0n) is 12.2. The molecule has 0 aliphatic rings. The molecule has 2 N–H and O–H groups in total. The molecule has 0 aromatic heterocycles. The molecule has 0 unspecified atom stereocenters. The number of aliphatic carboxylic acids is 1. The number of carboxylic acid groups (broad SMARTS) is 1. The van der Waals surface area contributed by atoms with Gasteiger partial charge in [0.05, 0.1) is 18.5 Å². The second-order valence-electron chi connectivity index (χ2n) is 4.94. The van der Waals surface area contributed by atoms with Gasteiger partial charge in [0.2, 0.25) is 10.0 Å². The third-order valence-corrected chi connectivity index (χ3v) is 4.05. The van der Waals surface area contributed by atoms with Crippen molar-refractivity contribution in [3.63, 3.8) is 0 Å². The molecule has 0 aliphatic heterocycles. The summed E-state index contributed by atoms with van der Waals surface area (Å²) in [6, 6.07) is 7.69. The molecule has 1 aromatic carbocycles. The highest BCUT2D eigenvalue weighted by Gasteiger charge is 2.24. The van der Waals surface area contributed by atoms with Crippen molar-refractivity contribution in [2.45, 2.75) is 32.4 Å². The lowest BCUT2D eigenvalue weighted by Gasteiger charge is -2.15. The smallest absolute Gasteiger partial charge is 0.322 e. The van der Waals surface area contributed by atoms with Gasteiger partial charge in [-0.2, -0.15) is 0 Å². The van der Waals surface area contributed by atoms with Crippen LogP contribution >= 0.6 is 0 Å². The van der Waals surface area contributed by atoms with E-state index < -0.39 is 22.0 Å². The molecule has 0 aliphatic carbocycles. The number of benzene rings is 1. The monoisotopic (exact) mass is 315 g/mol. The van der Waals surface area contributed by atoms with Crippen LogP contribution in [0.4, 0.5) is 0 Å². The van der Waals surface area contributed by atoms with Gasteiger partial charge < -0.3 is 9.84 Å². The van der Waals surface area contributed by atoms with Crippen molar-refractivity contribution < 1.29 is 23.1 Å². The minimum absolute atomic E-state index is 0.0324. The van der Waals surface area contributed by atoms with Crippen LogP contribution in [0.15, 0.2) is 30.3 Å². The van der Waals surface area contributed by atoms with Crippen molar-refractivity contribution in [3.8, 4) is 0 Å². The van der Waals surface area contributed by atoms with Gasteiger partial charge in [0.1, 0.15) is 6.04 Å². The summed E-state index contributed by atoms with van der Waals surface area (Å²) < 4.78 is 31.1. The Kier molecular flexibility index (Phi) is 6.80. The SMILES string of the molecule is CC(C)OCCS(=O)(=O)N[C@H](Cc1ccccc1)C(=O)O. The van der Waals surface area contributed by atoms with Gasteiger partial charge in [-0.25, -0.2) is 13.1 Å². The first-order valence-corrected chi connectivity index (χ1v) is 8.34. The maximum absolute atomic E-state index is 11.9. The van der Waals surface area contributed by atoms with Crippen molar-refractivity contribution in [1.82, 2.24) is 4.72 Å². The summed E-state index contributed by atoms with van der Waals surface area (Å²) in [6.45, 7) is 3.63. The number of carbonyl (C=O) groups is 1. The summed E-state index contributed by atoms with van der Waals surface area (Å²) in [5.41, 5.74) is 0.756. The third kappa shape index (κ3) is 7.22. The molecule has 0 saturated carbocycles. The Bertz CT molecular complexity index is 542. The fourth-order valence-electron chi connectivity index (χ4n) is 1.70. The molecule has 0 bridgehead atoms. The fraction of sp³-hybridized carbons (Fsp3) is 0.500. The highest BCUT2D eigenvalue weighted by atomic mass is 32.2. The Balaban J connectivity index is 2.63. The standard InChI is InChI=1S/C14H21NO5S/c1-11(2)20-8-9-21(18,19)15-13(14(16)17)10-12-6-4-3-5-7-12/h3-7,11,13,15H,8-10H2,1-2H3,(H,16,17)/t13-/m1/s1. The molecule has 1 rings (SSSR count). The number of hydrogen-bond donors (Lipinski definition) is 2. The molecule has 7 heteroatoms. The molecule has 0 spiro atoms. The van der Waals surface area contributed by atoms with Crippen molar-refractivity contribution in [1.29, 1.82) is 0 Å². The van der Waals surface area contributed by atoms with Gasteiger partial charge in [0.25, 0.3) is 0 Å². The van der Waals surface area contributed by atoms with E-state index in [-0.39, 0.29) is 24.9 Å². The van der Waals surface area contributed by atoms with Crippen LogP contribution in [0.3, 0.4) is 0 Å². The highest BCUT2D eigenvalue weighted by molar-refractivity contribution is 7.89. The molecular weight excluding hydrogens is 294 g/mol. The number of sulfonamides is 1. The van der Waals surface area contributed by atoms with Gasteiger partial charge in [-0.05, 0) is 25.8 Å². The van der Waals surface area contributed by atoms with Crippen molar-refractivity contribution in [2.24, 2.45) is 0 Å². The summed E-state index contributed by atoms with van der Waals surface area (Å²) in [5.74, 6) is -1.46. The average molecular weight is 315 g/mol. The Morgan fingerprint density at radius 1 is 1.29 bits per heavy atom. The van der Waals surface area contributed by atoms with E-state index in [1.807, 2.05) is 6.07 Å². The quantitative estimate of drug-likeness (QED) is 0.710. The van der Waals surface area contributed by atoms with E-state index >= 15 is 0 Å². The first kappa shape index (κ1) is 17.6. The summed E-state index contributed by atoms with van der Waals surface area (Å²) in [5, 5.41) is 9.15. The summed E-state index contributed by atoms with van der Waals surface area (Å²) in [7, 11) is -3.70. The van der Waals surface area contributed by atoms with Crippen molar-refractivity contribution in [2.75, 3.05) is 12.4 Å². The van der Waals surface area contributed by atoms with Gasteiger partial charge in [0.15, 0.2) is 0 Å². The molecule has 1 aromatic rings. The maximum Gasteiger partial charge on any atom is 0.322 e. The lowest BCUT2D eigenvalue weighted by atomic mass is 10.1. The van der Waals surface area contributed by atoms with Crippen LogP contribution in [0.2, 0.25) is 0 Å². The predicted octanol–water partition coefficient (Wildman–Crippen LogP) is 1.03. The minimum Gasteiger partial charge on any atom is -0.480 e. The van der Waals surface area contributed by atoms with E-state index in [9.17, 15) is 13.2 Å². The fourth-order valence-corrected chi connectivity index (χ4v) is 2.75. The summed E-state index contributed by atoms with van der Waals surface area (Å²) in [6.07, 6.45) is 0.0280. The summed E-state index contributed by atoms with van der Waals surface area (Å²) >= 11 is 0. The van der Waals surface area contributed by atoms with E-state index in [1.54, 1.807) is 38.1 Å². The number of hydrogen-bond acceptors (Lipinski definition) is 4. The summed E-state index contributed by atoms with van der Waals surface area (Å²) in [4.78, 5) is 11.2. The van der Waals surface area contributed by atoms with Crippen molar-refractivity contribution in [3.05, 3.63) is 35.9 Å². The van der Waals surface area contributed by atoms with E-state index in [1.165, 1.54) is 0 Å². The van der Waals surface area contributed by atoms with Gasteiger partial charge in [-0.15, -0.1) is 0 Å². The molecule has 118 valence electrons. The minimum atomic E-state index is -3.70. The Hall–Kier alpha value is -1.44. The molecule has 6 nitrogen and oxygen atoms in total. The average Bonchev–Trinajstić information content (AvgIpc) is 2.38. The van der Waals surface area contributed by atoms with E-state index in [0.29, 0.717) is 0 Å². The Morgan fingerprint density at radius 3 is 2.43 bits per heavy atom. The third-order valence-electron chi connectivity index (χ3n) is 2.71. The van der Waals surface area contributed by atoms with Crippen LogP contribution in [-0.2, 0) is 26.0 Å². The zero-order chi connectivity index (χ0) is 15.9. The van der Waals surface area contributed by atoms with Crippen LogP contribution in [0, 0.1) is 0 Å². The predicted molar refractivity (Wildman–Crippen MR) is 79.6 cm³/mol. The first-order chi connectivity index (χ1) is 9.80. The van der Waals surface area contributed by atoms with Gasteiger partial charge in [-0.3, -0.25) is 4.79 Å². The van der Waals surface area contributed by atoms with E-state index in [4.69, 9.17) is 9.84 Å². The molecular formula is C14H21NO5S. The van der Waals surface area contributed by atoms with Crippen molar-refractivity contribution >= 4 is 16.0 Å². The zero-order valence-corrected chi connectivity index (χ0v) is 13.0. The molecule has 0 fully saturated rings. The largest absolute Gasteiger partial charge is 0.480 e. The molecule has 1 atom stereocenters. The van der Waals surface area contributed by atoms with Gasteiger partial charge in [-0.1, -0.05) is 30.3 Å². The number of rotatable bonds is 9. The topological polar surface area (TPSA) is 92.7 Å². The van der Waals surface area contributed by atoms with Gasteiger partial charge in [0, 0.05) is 0 Å². The number of ether oxygens (including phenoxy) is 1. The van der Waals surface area contributed by atoms with Crippen LogP contribution in [0.5, 0.6) is 0 Å². The van der Waals surface area contributed by atoms with Crippen LogP contribution in [0.25, 0.3) is 0 Å². The highest BCUT2D eigenvalue weighted by Crippen LogP contribution is 2.05. The molecule has 0 saturated heterocycles. The normalized spacial score (nSPS) is 13.3. The lowest BCUT2D eigenvalue weighted by Crippen LogP contribution is -2.43. The first-order valence-electron chi connectivity index (χ1n) is 6.68. The molecule has 0 heterocycles. The van der Waals surface area contributed by atoms with Crippen LogP contribution < -0.4 is 4.72 Å². The Labute approximate surface area is 125 Å². The second kappa shape index (κ2) is 8.11. The van der Waals surface area contributed by atoms with E-state index in [2.05, 4.69) is 4.72 Å². The van der Waals surface area contributed by atoms with Crippen LogP contribution in [0.1, 0.15) is 19.4 Å². The second-order valence-corrected chi connectivity index (χ2v) is 6.81. The molecule has 0 radical (unpaired) electrons.